The Morgan fingerprint density at radius 1 is 1.41 bits per heavy atom. The summed E-state index contributed by atoms with van der Waals surface area (Å²) in [6.45, 7) is 4.96. The van der Waals surface area contributed by atoms with Gasteiger partial charge >= 0.3 is 0 Å². The minimum atomic E-state index is 0.0710. The monoisotopic (exact) mass is 260 g/mol. The number of ether oxygens (including phenoxy) is 2. The molecular formula is C12H21ClN2O2. The molecule has 0 fully saturated rings. The van der Waals surface area contributed by atoms with Crippen molar-refractivity contribution in [3.05, 3.63) is 18.0 Å². The molecular weight excluding hydrogens is 240 g/mol. The van der Waals surface area contributed by atoms with Gasteiger partial charge in [-0.15, -0.1) is 11.6 Å². The van der Waals surface area contributed by atoms with E-state index in [1.807, 2.05) is 17.1 Å². The lowest BCUT2D eigenvalue weighted by Gasteiger charge is -2.04. The first kappa shape index (κ1) is 14.5. The van der Waals surface area contributed by atoms with Crippen molar-refractivity contribution in [2.45, 2.75) is 31.7 Å². The second kappa shape index (κ2) is 8.50. The molecule has 0 aliphatic carbocycles. The maximum Gasteiger partial charge on any atom is 0.0700 e. The van der Waals surface area contributed by atoms with E-state index in [9.17, 15) is 0 Å². The van der Waals surface area contributed by atoms with Crippen LogP contribution in [0.25, 0.3) is 0 Å². The molecule has 1 heterocycles. The van der Waals surface area contributed by atoms with Crippen molar-refractivity contribution >= 4 is 11.6 Å². The van der Waals surface area contributed by atoms with Crippen molar-refractivity contribution in [3.63, 3.8) is 0 Å². The van der Waals surface area contributed by atoms with Crippen molar-refractivity contribution in [2.75, 3.05) is 26.9 Å². The number of hydrogen-bond donors (Lipinski definition) is 0. The van der Waals surface area contributed by atoms with Gasteiger partial charge < -0.3 is 9.47 Å². The zero-order valence-corrected chi connectivity index (χ0v) is 11.3. The third kappa shape index (κ3) is 5.52. The van der Waals surface area contributed by atoms with Crippen LogP contribution in [0.2, 0.25) is 0 Å². The molecule has 0 aliphatic rings. The largest absolute Gasteiger partial charge is 0.382 e. The van der Waals surface area contributed by atoms with Crippen LogP contribution in [0.5, 0.6) is 0 Å². The maximum absolute atomic E-state index is 6.13. The number of aromatic nitrogens is 2. The Morgan fingerprint density at radius 2 is 2.24 bits per heavy atom. The Bertz CT molecular complexity index is 304. The van der Waals surface area contributed by atoms with E-state index in [-0.39, 0.29) is 5.38 Å². The average molecular weight is 261 g/mol. The molecule has 0 N–H and O–H groups in total. The molecule has 5 heteroatoms. The number of alkyl halides is 1. The Kier molecular flexibility index (Phi) is 7.24. The van der Waals surface area contributed by atoms with Crippen LogP contribution in [-0.2, 0) is 16.0 Å². The fraction of sp³-hybridized carbons (Fsp3) is 0.750. The summed E-state index contributed by atoms with van der Waals surface area (Å²) in [7, 11) is 1.67. The van der Waals surface area contributed by atoms with Crippen LogP contribution in [0, 0.1) is 0 Å². The fourth-order valence-electron chi connectivity index (χ4n) is 1.47. The summed E-state index contributed by atoms with van der Waals surface area (Å²) >= 11 is 6.13. The van der Waals surface area contributed by atoms with E-state index in [2.05, 4.69) is 12.0 Å². The summed E-state index contributed by atoms with van der Waals surface area (Å²) in [6.07, 6.45) is 5.72. The predicted molar refractivity (Wildman–Crippen MR) is 68.4 cm³/mol. The quantitative estimate of drug-likeness (QED) is 0.506. The highest BCUT2D eigenvalue weighted by molar-refractivity contribution is 6.20. The maximum atomic E-state index is 6.13. The zero-order valence-electron chi connectivity index (χ0n) is 10.6. The summed E-state index contributed by atoms with van der Waals surface area (Å²) in [4.78, 5) is 0. The number of hydrogen-bond acceptors (Lipinski definition) is 3. The van der Waals surface area contributed by atoms with E-state index in [1.165, 1.54) is 0 Å². The zero-order chi connectivity index (χ0) is 12.5. The van der Waals surface area contributed by atoms with Gasteiger partial charge in [0.05, 0.1) is 24.8 Å². The van der Waals surface area contributed by atoms with Crippen LogP contribution in [-0.4, -0.2) is 36.7 Å². The Balaban J connectivity index is 2.16. The number of methoxy groups -OCH3 is 1. The molecule has 0 amide bonds. The molecule has 17 heavy (non-hydrogen) atoms. The normalized spacial score (nSPS) is 12.9. The molecule has 0 radical (unpaired) electrons. The summed E-state index contributed by atoms with van der Waals surface area (Å²) in [5.74, 6) is 0. The lowest BCUT2D eigenvalue weighted by atomic mass is 10.2. The van der Waals surface area contributed by atoms with Gasteiger partial charge in [0.15, 0.2) is 0 Å². The smallest absolute Gasteiger partial charge is 0.0700 e. The molecule has 1 aromatic rings. The van der Waals surface area contributed by atoms with Gasteiger partial charge in [-0.3, -0.25) is 4.68 Å². The second-order valence-electron chi connectivity index (χ2n) is 3.87. The number of rotatable bonds is 9. The molecule has 0 spiro atoms. The second-order valence-corrected chi connectivity index (χ2v) is 4.40. The highest BCUT2D eigenvalue weighted by Crippen LogP contribution is 2.22. The number of nitrogens with zero attached hydrogens (tertiary/aromatic N) is 2. The summed E-state index contributed by atoms with van der Waals surface area (Å²) in [5.41, 5.74) is 1.09. The van der Waals surface area contributed by atoms with Crippen molar-refractivity contribution < 1.29 is 9.47 Å². The topological polar surface area (TPSA) is 36.3 Å². The van der Waals surface area contributed by atoms with Crippen molar-refractivity contribution in [1.82, 2.24) is 9.78 Å². The third-order valence-corrected chi connectivity index (χ3v) is 3.04. The van der Waals surface area contributed by atoms with E-state index in [0.717, 1.165) is 31.6 Å². The van der Waals surface area contributed by atoms with E-state index in [4.69, 9.17) is 21.1 Å². The van der Waals surface area contributed by atoms with Crippen LogP contribution in [0.3, 0.4) is 0 Å². The first-order valence-electron chi connectivity index (χ1n) is 6.01. The van der Waals surface area contributed by atoms with Crippen LogP contribution in [0.15, 0.2) is 12.4 Å². The molecule has 98 valence electrons. The summed E-state index contributed by atoms with van der Waals surface area (Å²) < 4.78 is 12.2. The lowest BCUT2D eigenvalue weighted by molar-refractivity contribution is 0.0677. The lowest BCUT2D eigenvalue weighted by Crippen LogP contribution is -2.06. The van der Waals surface area contributed by atoms with Crippen molar-refractivity contribution in [2.24, 2.45) is 0 Å². The third-order valence-electron chi connectivity index (χ3n) is 2.48. The van der Waals surface area contributed by atoms with Crippen molar-refractivity contribution in [3.8, 4) is 0 Å². The molecule has 0 aromatic carbocycles. The molecule has 0 saturated carbocycles. The predicted octanol–water partition coefficient (Wildman–Crippen LogP) is 2.63. The number of aryl methyl sites for hydroxylation is 1. The van der Waals surface area contributed by atoms with Gasteiger partial charge in [0.1, 0.15) is 0 Å². The van der Waals surface area contributed by atoms with Gasteiger partial charge in [0.25, 0.3) is 0 Å². The summed E-state index contributed by atoms with van der Waals surface area (Å²) in [6, 6.07) is 0. The molecule has 1 rings (SSSR count). The van der Waals surface area contributed by atoms with Crippen LogP contribution >= 0.6 is 11.6 Å². The van der Waals surface area contributed by atoms with Crippen molar-refractivity contribution in [1.29, 1.82) is 0 Å². The fourth-order valence-corrected chi connectivity index (χ4v) is 1.58. The van der Waals surface area contributed by atoms with Gasteiger partial charge in [0.2, 0.25) is 0 Å². The van der Waals surface area contributed by atoms with E-state index < -0.39 is 0 Å². The van der Waals surface area contributed by atoms with Crippen LogP contribution in [0.4, 0.5) is 0 Å². The van der Waals surface area contributed by atoms with E-state index >= 15 is 0 Å². The standard InChI is InChI=1S/C12H21ClN2O2/c1-3-12(13)11-9-14-15(10-11)5-4-6-17-8-7-16-2/h9-10,12H,3-8H2,1-2H3. The molecule has 1 atom stereocenters. The SMILES string of the molecule is CCC(Cl)c1cnn(CCCOCCOC)c1. The highest BCUT2D eigenvalue weighted by atomic mass is 35.5. The van der Waals surface area contributed by atoms with Gasteiger partial charge in [-0.25, -0.2) is 0 Å². The Hall–Kier alpha value is -0.580. The van der Waals surface area contributed by atoms with Gasteiger partial charge in [-0.2, -0.15) is 5.10 Å². The van der Waals surface area contributed by atoms with Crippen LogP contribution < -0.4 is 0 Å². The molecule has 4 nitrogen and oxygen atoms in total. The molecule has 0 bridgehead atoms. The minimum Gasteiger partial charge on any atom is -0.382 e. The molecule has 1 aromatic heterocycles. The van der Waals surface area contributed by atoms with Crippen LogP contribution in [0.1, 0.15) is 30.7 Å². The highest BCUT2D eigenvalue weighted by Gasteiger charge is 2.07. The number of halogens is 1. The molecule has 0 aliphatic heterocycles. The first-order chi connectivity index (χ1) is 8.27. The van der Waals surface area contributed by atoms with Gasteiger partial charge in [-0.1, -0.05) is 6.92 Å². The van der Waals surface area contributed by atoms with E-state index in [1.54, 1.807) is 7.11 Å². The van der Waals surface area contributed by atoms with E-state index in [0.29, 0.717) is 13.2 Å². The average Bonchev–Trinajstić information content (AvgIpc) is 2.81. The Labute approximate surface area is 108 Å². The molecule has 0 saturated heterocycles. The summed E-state index contributed by atoms with van der Waals surface area (Å²) in [5, 5.41) is 4.34. The first-order valence-corrected chi connectivity index (χ1v) is 6.44. The Morgan fingerprint density at radius 3 is 2.94 bits per heavy atom. The van der Waals surface area contributed by atoms with Gasteiger partial charge in [0, 0.05) is 32.0 Å². The van der Waals surface area contributed by atoms with Gasteiger partial charge in [-0.05, 0) is 12.8 Å². The minimum absolute atomic E-state index is 0.0710. The molecule has 1 unspecified atom stereocenters.